The van der Waals surface area contributed by atoms with Crippen molar-refractivity contribution >= 4 is 0 Å². The van der Waals surface area contributed by atoms with E-state index in [0.29, 0.717) is 6.54 Å². The molecule has 1 fully saturated rings. The van der Waals surface area contributed by atoms with Crippen LogP contribution in [0.2, 0.25) is 0 Å². The van der Waals surface area contributed by atoms with Gasteiger partial charge in [0, 0.05) is 50.9 Å². The Morgan fingerprint density at radius 1 is 0.923 bits per heavy atom. The molecule has 140 valence electrons. The van der Waals surface area contributed by atoms with Crippen LogP contribution in [0.15, 0.2) is 48.5 Å². The van der Waals surface area contributed by atoms with Gasteiger partial charge in [-0.05, 0) is 11.6 Å². The zero-order valence-corrected chi connectivity index (χ0v) is 15.6. The van der Waals surface area contributed by atoms with Crippen LogP contribution in [-0.4, -0.2) is 61.8 Å². The Kier molecular flexibility index (Phi) is 6.50. The monoisotopic (exact) mass is 356 g/mol. The van der Waals surface area contributed by atoms with Gasteiger partial charge in [0.05, 0.1) is 20.3 Å². The molecule has 0 amide bonds. The molecule has 0 saturated carbocycles. The number of benzene rings is 2. The zero-order valence-electron chi connectivity index (χ0n) is 15.6. The van der Waals surface area contributed by atoms with Gasteiger partial charge in [0.25, 0.3) is 0 Å². The minimum atomic E-state index is -0.426. The highest BCUT2D eigenvalue weighted by atomic mass is 16.5. The lowest BCUT2D eigenvalue weighted by Crippen LogP contribution is -2.47. The van der Waals surface area contributed by atoms with Crippen molar-refractivity contribution < 1.29 is 14.6 Å². The Morgan fingerprint density at radius 2 is 1.62 bits per heavy atom. The molecule has 1 aliphatic heterocycles. The molecule has 0 aromatic heterocycles. The number of aliphatic hydroxyl groups excluding tert-OH is 1. The standard InChI is InChI=1S/C21H28N2O3/c1-25-19-9-8-18(21(14-19)26-2)15-22-10-12-23(13-11-22)16-20(24)17-6-4-3-5-7-17/h3-9,14,20,24H,10-13,15-16H2,1-2H3. The second-order valence-electron chi connectivity index (χ2n) is 6.68. The Bertz CT molecular complexity index is 685. The first-order valence-corrected chi connectivity index (χ1v) is 9.08. The summed E-state index contributed by atoms with van der Waals surface area (Å²) in [5.41, 5.74) is 2.16. The molecule has 0 spiro atoms. The molecular formula is C21H28N2O3. The Morgan fingerprint density at radius 3 is 2.27 bits per heavy atom. The number of ether oxygens (including phenoxy) is 2. The van der Waals surface area contributed by atoms with Gasteiger partial charge in [-0.3, -0.25) is 9.80 Å². The number of methoxy groups -OCH3 is 2. The normalized spacial score (nSPS) is 17.0. The van der Waals surface area contributed by atoms with E-state index in [-0.39, 0.29) is 0 Å². The highest BCUT2D eigenvalue weighted by molar-refractivity contribution is 5.40. The van der Waals surface area contributed by atoms with Gasteiger partial charge in [-0.25, -0.2) is 0 Å². The molecule has 0 radical (unpaired) electrons. The number of piperazine rings is 1. The van der Waals surface area contributed by atoms with E-state index in [4.69, 9.17) is 9.47 Å². The SMILES string of the molecule is COc1ccc(CN2CCN(CC(O)c3ccccc3)CC2)c(OC)c1. The summed E-state index contributed by atoms with van der Waals surface area (Å²) in [6, 6.07) is 15.9. The molecular weight excluding hydrogens is 328 g/mol. The lowest BCUT2D eigenvalue weighted by atomic mass is 10.1. The van der Waals surface area contributed by atoms with E-state index in [2.05, 4.69) is 15.9 Å². The van der Waals surface area contributed by atoms with Crippen LogP contribution in [0.25, 0.3) is 0 Å². The van der Waals surface area contributed by atoms with E-state index in [9.17, 15) is 5.11 Å². The largest absolute Gasteiger partial charge is 0.497 e. The van der Waals surface area contributed by atoms with Crippen molar-refractivity contribution in [3.8, 4) is 11.5 Å². The van der Waals surface area contributed by atoms with Crippen molar-refractivity contribution in [1.82, 2.24) is 9.80 Å². The molecule has 1 aliphatic rings. The topological polar surface area (TPSA) is 45.2 Å². The maximum Gasteiger partial charge on any atom is 0.127 e. The lowest BCUT2D eigenvalue weighted by molar-refractivity contribution is 0.0698. The van der Waals surface area contributed by atoms with Crippen LogP contribution in [0.5, 0.6) is 11.5 Å². The minimum Gasteiger partial charge on any atom is -0.497 e. The predicted octanol–water partition coefficient (Wildman–Crippen LogP) is 2.56. The Hall–Kier alpha value is -2.08. The molecule has 5 heteroatoms. The average Bonchev–Trinajstić information content (AvgIpc) is 2.70. The summed E-state index contributed by atoms with van der Waals surface area (Å²) in [6.07, 6.45) is -0.426. The molecule has 1 N–H and O–H groups in total. The van der Waals surface area contributed by atoms with Gasteiger partial charge in [0.2, 0.25) is 0 Å². The third kappa shape index (κ3) is 4.75. The molecule has 5 nitrogen and oxygen atoms in total. The summed E-state index contributed by atoms with van der Waals surface area (Å²) in [5.74, 6) is 1.68. The van der Waals surface area contributed by atoms with Crippen LogP contribution in [0.4, 0.5) is 0 Å². The molecule has 1 atom stereocenters. The lowest BCUT2D eigenvalue weighted by Gasteiger charge is -2.35. The average molecular weight is 356 g/mol. The smallest absolute Gasteiger partial charge is 0.127 e. The van der Waals surface area contributed by atoms with Gasteiger partial charge < -0.3 is 14.6 Å². The summed E-state index contributed by atoms with van der Waals surface area (Å²) >= 11 is 0. The van der Waals surface area contributed by atoms with Crippen molar-refractivity contribution in [1.29, 1.82) is 0 Å². The number of rotatable bonds is 7. The van der Waals surface area contributed by atoms with Gasteiger partial charge >= 0.3 is 0 Å². The number of hydrogen-bond donors (Lipinski definition) is 1. The van der Waals surface area contributed by atoms with Gasteiger partial charge in [-0.15, -0.1) is 0 Å². The molecule has 3 rings (SSSR count). The molecule has 1 heterocycles. The molecule has 2 aromatic carbocycles. The summed E-state index contributed by atoms with van der Waals surface area (Å²) in [7, 11) is 3.36. The fourth-order valence-corrected chi connectivity index (χ4v) is 3.38. The van der Waals surface area contributed by atoms with Crippen LogP contribution in [0.1, 0.15) is 17.2 Å². The van der Waals surface area contributed by atoms with Gasteiger partial charge in [-0.1, -0.05) is 36.4 Å². The van der Waals surface area contributed by atoms with Crippen LogP contribution < -0.4 is 9.47 Å². The van der Waals surface area contributed by atoms with E-state index in [1.807, 2.05) is 42.5 Å². The van der Waals surface area contributed by atoms with E-state index in [1.54, 1.807) is 14.2 Å². The van der Waals surface area contributed by atoms with Crippen molar-refractivity contribution in [2.45, 2.75) is 12.6 Å². The molecule has 0 aliphatic carbocycles. The summed E-state index contributed by atoms with van der Waals surface area (Å²) in [4.78, 5) is 4.76. The van der Waals surface area contributed by atoms with Crippen molar-refractivity contribution in [2.75, 3.05) is 46.9 Å². The Labute approximate surface area is 155 Å². The van der Waals surface area contributed by atoms with Gasteiger partial charge in [0.1, 0.15) is 11.5 Å². The summed E-state index contributed by atoms with van der Waals surface area (Å²) in [6.45, 7) is 5.43. The van der Waals surface area contributed by atoms with E-state index >= 15 is 0 Å². The highest BCUT2D eigenvalue weighted by Crippen LogP contribution is 2.26. The van der Waals surface area contributed by atoms with Crippen LogP contribution in [0, 0.1) is 0 Å². The molecule has 2 aromatic rings. The van der Waals surface area contributed by atoms with Gasteiger partial charge in [-0.2, -0.15) is 0 Å². The molecule has 1 unspecified atom stereocenters. The maximum atomic E-state index is 10.4. The highest BCUT2D eigenvalue weighted by Gasteiger charge is 2.20. The maximum absolute atomic E-state index is 10.4. The Balaban J connectivity index is 1.51. The summed E-state index contributed by atoms with van der Waals surface area (Å²) < 4.78 is 10.8. The first-order valence-electron chi connectivity index (χ1n) is 9.08. The molecule has 0 bridgehead atoms. The zero-order chi connectivity index (χ0) is 18.4. The number of hydrogen-bond acceptors (Lipinski definition) is 5. The van der Waals surface area contributed by atoms with Crippen LogP contribution >= 0.6 is 0 Å². The first-order chi connectivity index (χ1) is 12.7. The molecule has 26 heavy (non-hydrogen) atoms. The van der Waals surface area contributed by atoms with Crippen LogP contribution in [-0.2, 0) is 6.54 Å². The number of nitrogens with zero attached hydrogens (tertiary/aromatic N) is 2. The predicted molar refractivity (Wildman–Crippen MR) is 103 cm³/mol. The summed E-state index contributed by atoms with van der Waals surface area (Å²) in [5, 5.41) is 10.4. The molecule has 1 saturated heterocycles. The quantitative estimate of drug-likeness (QED) is 0.826. The van der Waals surface area contributed by atoms with Crippen molar-refractivity contribution in [3.05, 3.63) is 59.7 Å². The fourth-order valence-electron chi connectivity index (χ4n) is 3.38. The van der Waals surface area contributed by atoms with Gasteiger partial charge in [0.15, 0.2) is 0 Å². The van der Waals surface area contributed by atoms with Crippen molar-refractivity contribution in [3.63, 3.8) is 0 Å². The van der Waals surface area contributed by atoms with Crippen molar-refractivity contribution in [2.24, 2.45) is 0 Å². The second-order valence-corrected chi connectivity index (χ2v) is 6.68. The number of β-amino-alcohol motifs (C(OH)–C–C–N with tert-alkyl or cyclic N) is 1. The van der Waals surface area contributed by atoms with E-state index < -0.39 is 6.10 Å². The van der Waals surface area contributed by atoms with Crippen LogP contribution in [0.3, 0.4) is 0 Å². The third-order valence-electron chi connectivity index (χ3n) is 4.97. The number of aliphatic hydroxyl groups is 1. The van der Waals surface area contributed by atoms with E-state index in [0.717, 1.165) is 49.8 Å². The minimum absolute atomic E-state index is 0.426. The first kappa shape index (κ1) is 18.7. The fraction of sp³-hybridized carbons (Fsp3) is 0.429. The third-order valence-corrected chi connectivity index (χ3v) is 4.97. The van der Waals surface area contributed by atoms with E-state index in [1.165, 1.54) is 5.56 Å². The second kappa shape index (κ2) is 9.03.